The summed E-state index contributed by atoms with van der Waals surface area (Å²) in [6.07, 6.45) is 1.45. The fraction of sp³-hybridized carbons (Fsp3) is 0.143. The monoisotopic (exact) mass is 330 g/mol. The number of aromatic nitrogens is 2. The van der Waals surface area contributed by atoms with Gasteiger partial charge in [0.25, 0.3) is 0 Å². The van der Waals surface area contributed by atoms with Crippen molar-refractivity contribution in [2.75, 3.05) is 0 Å². The van der Waals surface area contributed by atoms with Crippen LogP contribution in [0.2, 0.25) is 0 Å². The summed E-state index contributed by atoms with van der Waals surface area (Å²) in [6.45, 7) is 2.06. The second-order valence-corrected chi connectivity index (χ2v) is 6.17. The Kier molecular flexibility index (Phi) is 4.04. The lowest BCUT2D eigenvalue weighted by Gasteiger charge is -2.05. The molecule has 4 rings (SSSR count). The number of aliphatic hydroxyl groups excluding tert-OH is 1. The molecule has 1 atom stereocenters. The normalized spacial score (nSPS) is 12.4. The topological polar surface area (TPSA) is 59.2 Å². The fourth-order valence-corrected chi connectivity index (χ4v) is 2.81. The third-order valence-electron chi connectivity index (χ3n) is 4.21. The highest BCUT2D eigenvalue weighted by Gasteiger charge is 2.17. The number of oxazole rings is 1. The lowest BCUT2D eigenvalue weighted by molar-refractivity contribution is 0.146. The average molecular weight is 330 g/mol. The Bertz CT molecular complexity index is 992. The van der Waals surface area contributed by atoms with Gasteiger partial charge in [0.1, 0.15) is 6.10 Å². The second-order valence-electron chi connectivity index (χ2n) is 6.17. The van der Waals surface area contributed by atoms with Crippen LogP contribution in [0.25, 0.3) is 22.4 Å². The minimum atomic E-state index is -0.792. The van der Waals surface area contributed by atoms with Gasteiger partial charge in [0, 0.05) is 18.2 Å². The standard InChI is InChI=1S/C21H18N2O2/c1-14-7-9-16(10-8-14)17-12-19-20(22-13-17)23-21(25-19)18(24)11-15-5-3-2-4-6-15/h2-10,12-13,18,24H,11H2,1H3. The SMILES string of the molecule is Cc1ccc(-c2cnc3nc(C(O)Cc4ccccc4)oc3c2)cc1. The van der Waals surface area contributed by atoms with Crippen molar-refractivity contribution in [3.63, 3.8) is 0 Å². The lowest BCUT2D eigenvalue weighted by Crippen LogP contribution is -2.01. The zero-order chi connectivity index (χ0) is 17.2. The van der Waals surface area contributed by atoms with Gasteiger partial charge in [-0.25, -0.2) is 4.98 Å². The van der Waals surface area contributed by atoms with E-state index >= 15 is 0 Å². The molecule has 4 heteroatoms. The first kappa shape index (κ1) is 15.5. The van der Waals surface area contributed by atoms with Gasteiger partial charge in [0.05, 0.1) is 0 Å². The Morgan fingerprint density at radius 2 is 1.76 bits per heavy atom. The molecule has 1 unspecified atom stereocenters. The third-order valence-corrected chi connectivity index (χ3v) is 4.21. The summed E-state index contributed by atoms with van der Waals surface area (Å²) in [5.74, 6) is 0.299. The lowest BCUT2D eigenvalue weighted by atomic mass is 10.1. The molecular formula is C21H18N2O2. The molecule has 4 aromatic rings. The molecule has 0 aliphatic carbocycles. The summed E-state index contributed by atoms with van der Waals surface area (Å²) >= 11 is 0. The van der Waals surface area contributed by atoms with Crippen LogP contribution in [0, 0.1) is 6.92 Å². The molecule has 4 nitrogen and oxygen atoms in total. The van der Waals surface area contributed by atoms with Gasteiger partial charge in [0.15, 0.2) is 11.2 Å². The fourth-order valence-electron chi connectivity index (χ4n) is 2.81. The predicted molar refractivity (Wildman–Crippen MR) is 97.1 cm³/mol. The van der Waals surface area contributed by atoms with Crippen molar-refractivity contribution in [3.05, 3.63) is 83.9 Å². The van der Waals surface area contributed by atoms with Crippen LogP contribution in [0.15, 0.2) is 71.3 Å². The molecule has 0 aliphatic rings. The summed E-state index contributed by atoms with van der Waals surface area (Å²) in [7, 11) is 0. The Labute approximate surface area is 145 Å². The van der Waals surface area contributed by atoms with Gasteiger partial charge < -0.3 is 9.52 Å². The quantitative estimate of drug-likeness (QED) is 0.599. The molecule has 0 saturated heterocycles. The van der Waals surface area contributed by atoms with Crippen molar-refractivity contribution in [2.24, 2.45) is 0 Å². The van der Waals surface area contributed by atoms with E-state index in [0.29, 0.717) is 23.5 Å². The molecule has 0 fully saturated rings. The zero-order valence-electron chi connectivity index (χ0n) is 13.9. The summed E-state index contributed by atoms with van der Waals surface area (Å²) in [6, 6.07) is 19.9. The highest BCUT2D eigenvalue weighted by molar-refractivity contribution is 5.76. The molecule has 0 amide bonds. The summed E-state index contributed by atoms with van der Waals surface area (Å²) < 4.78 is 5.76. The molecule has 124 valence electrons. The largest absolute Gasteiger partial charge is 0.436 e. The number of hydrogen-bond donors (Lipinski definition) is 1. The van der Waals surface area contributed by atoms with Crippen molar-refractivity contribution in [2.45, 2.75) is 19.4 Å². The van der Waals surface area contributed by atoms with Crippen LogP contribution in [-0.4, -0.2) is 15.1 Å². The molecular weight excluding hydrogens is 312 g/mol. The van der Waals surface area contributed by atoms with E-state index in [1.807, 2.05) is 36.4 Å². The first-order valence-corrected chi connectivity index (χ1v) is 8.24. The molecule has 2 heterocycles. The minimum Gasteiger partial charge on any atom is -0.436 e. The molecule has 0 aliphatic heterocycles. The number of pyridine rings is 1. The molecule has 2 aromatic heterocycles. The van der Waals surface area contributed by atoms with E-state index in [9.17, 15) is 5.11 Å². The van der Waals surface area contributed by atoms with Crippen LogP contribution < -0.4 is 0 Å². The van der Waals surface area contributed by atoms with Crippen molar-refractivity contribution < 1.29 is 9.52 Å². The number of benzene rings is 2. The maximum Gasteiger partial charge on any atom is 0.226 e. The van der Waals surface area contributed by atoms with Crippen molar-refractivity contribution in [1.29, 1.82) is 0 Å². The van der Waals surface area contributed by atoms with Gasteiger partial charge >= 0.3 is 0 Å². The van der Waals surface area contributed by atoms with Crippen LogP contribution in [0.5, 0.6) is 0 Å². The van der Waals surface area contributed by atoms with Crippen LogP contribution in [0.3, 0.4) is 0 Å². The molecule has 0 bridgehead atoms. The Morgan fingerprint density at radius 3 is 2.52 bits per heavy atom. The maximum atomic E-state index is 10.4. The maximum absolute atomic E-state index is 10.4. The zero-order valence-corrected chi connectivity index (χ0v) is 13.9. The predicted octanol–water partition coefficient (Wildman–Crippen LogP) is 4.47. The van der Waals surface area contributed by atoms with E-state index < -0.39 is 6.10 Å². The Hall–Kier alpha value is -2.98. The van der Waals surface area contributed by atoms with Crippen LogP contribution in [0.1, 0.15) is 23.1 Å². The van der Waals surface area contributed by atoms with E-state index in [-0.39, 0.29) is 0 Å². The molecule has 1 N–H and O–H groups in total. The molecule has 25 heavy (non-hydrogen) atoms. The van der Waals surface area contributed by atoms with E-state index in [1.54, 1.807) is 6.20 Å². The molecule has 0 saturated carbocycles. The van der Waals surface area contributed by atoms with Crippen LogP contribution >= 0.6 is 0 Å². The number of rotatable bonds is 4. The smallest absolute Gasteiger partial charge is 0.226 e. The minimum absolute atomic E-state index is 0.299. The average Bonchev–Trinajstić information content (AvgIpc) is 3.06. The van der Waals surface area contributed by atoms with Crippen LogP contribution in [-0.2, 0) is 6.42 Å². The van der Waals surface area contributed by atoms with E-state index in [0.717, 1.165) is 16.7 Å². The van der Waals surface area contributed by atoms with Gasteiger partial charge in [-0.15, -0.1) is 0 Å². The Morgan fingerprint density at radius 1 is 1.00 bits per heavy atom. The molecule has 0 spiro atoms. The van der Waals surface area contributed by atoms with Gasteiger partial charge in [-0.05, 0) is 24.1 Å². The first-order valence-electron chi connectivity index (χ1n) is 8.24. The third kappa shape index (κ3) is 3.30. The summed E-state index contributed by atoms with van der Waals surface area (Å²) in [4.78, 5) is 8.70. The number of aryl methyl sites for hydroxylation is 1. The van der Waals surface area contributed by atoms with Crippen LogP contribution in [0.4, 0.5) is 0 Å². The van der Waals surface area contributed by atoms with Gasteiger partial charge in [-0.3, -0.25) is 0 Å². The summed E-state index contributed by atoms with van der Waals surface area (Å²) in [5.41, 5.74) is 5.38. The van der Waals surface area contributed by atoms with Gasteiger partial charge in [-0.2, -0.15) is 4.98 Å². The van der Waals surface area contributed by atoms with E-state index in [2.05, 4.69) is 41.2 Å². The first-order chi connectivity index (χ1) is 12.2. The number of fused-ring (bicyclic) bond motifs is 1. The number of hydrogen-bond acceptors (Lipinski definition) is 4. The summed E-state index contributed by atoms with van der Waals surface area (Å²) in [5, 5.41) is 10.4. The second kappa shape index (κ2) is 6.49. The number of aliphatic hydroxyl groups is 1. The molecule has 0 radical (unpaired) electrons. The Balaban J connectivity index is 1.62. The van der Waals surface area contributed by atoms with E-state index in [4.69, 9.17) is 4.42 Å². The van der Waals surface area contributed by atoms with Crippen molar-refractivity contribution in [3.8, 4) is 11.1 Å². The van der Waals surface area contributed by atoms with E-state index in [1.165, 1.54) is 5.56 Å². The highest BCUT2D eigenvalue weighted by Crippen LogP contribution is 2.26. The highest BCUT2D eigenvalue weighted by atomic mass is 16.4. The number of nitrogens with zero attached hydrogens (tertiary/aromatic N) is 2. The van der Waals surface area contributed by atoms with Gasteiger partial charge in [0.2, 0.25) is 5.89 Å². The van der Waals surface area contributed by atoms with Crippen molar-refractivity contribution >= 4 is 11.2 Å². The molecule has 2 aromatic carbocycles. The van der Waals surface area contributed by atoms with Gasteiger partial charge in [-0.1, -0.05) is 60.2 Å². The van der Waals surface area contributed by atoms with Crippen molar-refractivity contribution in [1.82, 2.24) is 9.97 Å².